The molecule has 1 N–H and O–H groups in total. The van der Waals surface area contributed by atoms with E-state index in [1.165, 1.54) is 27.7 Å². The Morgan fingerprint density at radius 3 is 2.57 bits per heavy atom. The molecule has 1 saturated heterocycles. The molecule has 226 valence electrons. The lowest BCUT2D eigenvalue weighted by Gasteiger charge is -2.47. The first-order valence-electron chi connectivity index (χ1n) is 14.9. The van der Waals surface area contributed by atoms with Gasteiger partial charge in [-0.05, 0) is 48.6 Å². The van der Waals surface area contributed by atoms with Crippen LogP contribution in [0.5, 0.6) is 5.75 Å². The molecule has 3 aliphatic rings. The van der Waals surface area contributed by atoms with Crippen LogP contribution in [0.25, 0.3) is 28.0 Å². The number of hydrogen-bond donors (Lipinski definition) is 1. The summed E-state index contributed by atoms with van der Waals surface area (Å²) in [7, 11) is 1.58. The molecule has 2 aliphatic heterocycles. The zero-order valence-electron chi connectivity index (χ0n) is 24.4. The first-order valence-corrected chi connectivity index (χ1v) is 15.3. The Morgan fingerprint density at radius 2 is 1.86 bits per heavy atom. The number of amides is 2. The molecule has 0 bridgehead atoms. The Hall–Kier alpha value is -4.44. The Bertz CT molecular complexity index is 1900. The molecular formula is C33H31ClFN5O4. The van der Waals surface area contributed by atoms with Gasteiger partial charge in [-0.1, -0.05) is 49.2 Å². The van der Waals surface area contributed by atoms with Crippen LogP contribution < -0.4 is 15.4 Å². The number of rotatable bonds is 4. The minimum atomic E-state index is -0.706. The van der Waals surface area contributed by atoms with Crippen LogP contribution in [-0.4, -0.2) is 64.1 Å². The van der Waals surface area contributed by atoms with Crippen LogP contribution in [0.2, 0.25) is 5.02 Å². The summed E-state index contributed by atoms with van der Waals surface area (Å²) in [6, 6.07) is 12.5. The van der Waals surface area contributed by atoms with Crippen LogP contribution in [0, 0.1) is 5.82 Å². The van der Waals surface area contributed by atoms with Crippen LogP contribution >= 0.6 is 11.6 Å². The molecule has 7 rings (SSSR count). The van der Waals surface area contributed by atoms with E-state index in [1.54, 1.807) is 24.9 Å². The monoisotopic (exact) mass is 615 g/mol. The van der Waals surface area contributed by atoms with Gasteiger partial charge in [0, 0.05) is 31.9 Å². The first kappa shape index (κ1) is 28.3. The van der Waals surface area contributed by atoms with Crippen molar-refractivity contribution in [2.24, 2.45) is 0 Å². The molecule has 0 unspecified atom stereocenters. The Kier molecular flexibility index (Phi) is 6.84. The van der Waals surface area contributed by atoms with Gasteiger partial charge in [0.15, 0.2) is 0 Å². The number of phenols is 1. The summed E-state index contributed by atoms with van der Waals surface area (Å²) in [6.07, 6.45) is 3.40. The molecule has 2 amide bonds. The second kappa shape index (κ2) is 10.6. The second-order valence-electron chi connectivity index (χ2n) is 11.6. The van der Waals surface area contributed by atoms with Crippen LogP contribution in [0.15, 0.2) is 53.3 Å². The van der Waals surface area contributed by atoms with Crippen molar-refractivity contribution in [3.63, 3.8) is 0 Å². The van der Waals surface area contributed by atoms with Gasteiger partial charge >= 0.3 is 0 Å². The lowest BCUT2D eigenvalue weighted by molar-refractivity contribution is -0.132. The zero-order valence-corrected chi connectivity index (χ0v) is 25.1. The van der Waals surface area contributed by atoms with E-state index in [0.717, 1.165) is 24.8 Å². The minimum absolute atomic E-state index is 0.000792. The largest absolute Gasteiger partial charge is 0.507 e. The van der Waals surface area contributed by atoms with E-state index in [4.69, 9.17) is 16.6 Å². The topological polar surface area (TPSA) is 99.0 Å². The van der Waals surface area contributed by atoms with E-state index in [0.29, 0.717) is 36.3 Å². The summed E-state index contributed by atoms with van der Waals surface area (Å²) in [5.74, 6) is -1.10. The van der Waals surface area contributed by atoms with Crippen molar-refractivity contribution in [2.45, 2.75) is 44.6 Å². The number of carbonyl (C=O) groups is 2. The standard InChI is InChI=1S/C33H31ClFN5O4/c1-3-26(42)38-14-15-39-24(17-38)32(43)37(2)30-29(39)20-16-21(34)28(27-22(35)11-7-13-25(27)41)36-31(20)40(33(30)44)23-12-5-4-10-19(23)18-8-6-9-18/h4-5,7,10-13,16,18,24,41H,3,6,8-9,14-15,17H2,1-2H3/t24-/m1/s1. The molecule has 4 heterocycles. The third-order valence-corrected chi connectivity index (χ3v) is 9.57. The minimum Gasteiger partial charge on any atom is -0.507 e. The molecule has 1 saturated carbocycles. The van der Waals surface area contributed by atoms with Crippen molar-refractivity contribution < 1.29 is 19.1 Å². The van der Waals surface area contributed by atoms with Crippen molar-refractivity contribution in [3.05, 3.63) is 75.3 Å². The summed E-state index contributed by atoms with van der Waals surface area (Å²) < 4.78 is 16.7. The number of para-hydroxylation sites is 1. The van der Waals surface area contributed by atoms with E-state index >= 15 is 4.39 Å². The number of aromatic hydroxyl groups is 1. The van der Waals surface area contributed by atoms with E-state index in [1.807, 2.05) is 29.2 Å². The molecule has 44 heavy (non-hydrogen) atoms. The van der Waals surface area contributed by atoms with Crippen LogP contribution in [-0.2, 0) is 9.59 Å². The molecule has 2 aromatic carbocycles. The van der Waals surface area contributed by atoms with E-state index < -0.39 is 17.4 Å². The van der Waals surface area contributed by atoms with Gasteiger partial charge in [0.25, 0.3) is 11.5 Å². The number of halogens is 2. The quantitative estimate of drug-likeness (QED) is 0.338. The maximum atomic E-state index is 15.2. The van der Waals surface area contributed by atoms with Gasteiger partial charge in [0.2, 0.25) is 5.91 Å². The number of piperazine rings is 1. The highest BCUT2D eigenvalue weighted by Gasteiger charge is 2.44. The molecule has 0 spiro atoms. The number of likely N-dealkylation sites (N-methyl/N-ethyl adjacent to an activating group) is 1. The SMILES string of the molecule is CCC(=O)N1CCN2c3c(c(=O)n(-c4ccccc4C4CCC4)c4nc(-c5c(O)cccc5F)c(Cl)cc34)N(C)C(=O)[C@H]2C1. The predicted molar refractivity (Wildman–Crippen MR) is 167 cm³/mol. The Morgan fingerprint density at radius 1 is 1.09 bits per heavy atom. The maximum Gasteiger partial charge on any atom is 0.282 e. The van der Waals surface area contributed by atoms with E-state index in [9.17, 15) is 19.5 Å². The lowest BCUT2D eigenvalue weighted by atomic mass is 9.79. The summed E-state index contributed by atoms with van der Waals surface area (Å²) in [6.45, 7) is 2.69. The highest BCUT2D eigenvalue weighted by atomic mass is 35.5. The van der Waals surface area contributed by atoms with Gasteiger partial charge in [0.1, 0.15) is 28.9 Å². The maximum absolute atomic E-state index is 15.2. The van der Waals surface area contributed by atoms with Crippen molar-refractivity contribution in [2.75, 3.05) is 36.5 Å². The third-order valence-electron chi connectivity index (χ3n) is 9.28. The number of benzene rings is 2. The number of phenolic OH excluding ortho intramolecular Hbond substituents is 1. The average molecular weight is 616 g/mol. The molecule has 2 aromatic heterocycles. The number of hydrogen-bond acceptors (Lipinski definition) is 6. The number of anilines is 2. The van der Waals surface area contributed by atoms with Gasteiger partial charge in [-0.15, -0.1) is 0 Å². The number of nitrogens with zero attached hydrogens (tertiary/aromatic N) is 5. The highest BCUT2D eigenvalue weighted by Crippen LogP contribution is 2.45. The van der Waals surface area contributed by atoms with Gasteiger partial charge in [0.05, 0.1) is 34.2 Å². The van der Waals surface area contributed by atoms with Gasteiger partial charge in [-0.2, -0.15) is 0 Å². The highest BCUT2D eigenvalue weighted by molar-refractivity contribution is 6.34. The molecule has 1 aliphatic carbocycles. The van der Waals surface area contributed by atoms with Crippen LogP contribution in [0.4, 0.5) is 15.8 Å². The summed E-state index contributed by atoms with van der Waals surface area (Å²) in [5, 5.41) is 11.2. The Labute approximate surface area is 258 Å². The molecule has 1 atom stereocenters. The summed E-state index contributed by atoms with van der Waals surface area (Å²) in [4.78, 5) is 50.9. The molecule has 9 nitrogen and oxygen atoms in total. The zero-order chi connectivity index (χ0) is 30.9. The van der Waals surface area contributed by atoms with E-state index in [2.05, 4.69) is 0 Å². The molecule has 4 aromatic rings. The number of carbonyl (C=O) groups excluding carboxylic acids is 2. The normalized spacial score (nSPS) is 18.3. The number of pyridine rings is 2. The van der Waals surface area contributed by atoms with Crippen LogP contribution in [0.3, 0.4) is 0 Å². The van der Waals surface area contributed by atoms with Crippen molar-refractivity contribution >= 4 is 45.8 Å². The van der Waals surface area contributed by atoms with Gasteiger partial charge < -0.3 is 19.8 Å². The fraction of sp³-hybridized carbons (Fsp3) is 0.333. The molecule has 2 fully saturated rings. The summed E-state index contributed by atoms with van der Waals surface area (Å²) >= 11 is 6.82. The number of aromatic nitrogens is 2. The van der Waals surface area contributed by atoms with Crippen molar-refractivity contribution in [1.29, 1.82) is 0 Å². The van der Waals surface area contributed by atoms with Crippen molar-refractivity contribution in [3.8, 4) is 22.7 Å². The predicted octanol–water partition coefficient (Wildman–Crippen LogP) is 5.22. The van der Waals surface area contributed by atoms with Gasteiger partial charge in [-0.3, -0.25) is 19.0 Å². The van der Waals surface area contributed by atoms with E-state index in [-0.39, 0.29) is 57.6 Å². The first-order chi connectivity index (χ1) is 21.2. The third kappa shape index (κ3) is 4.18. The summed E-state index contributed by atoms with van der Waals surface area (Å²) in [5.41, 5.74) is 1.93. The fourth-order valence-electron chi connectivity index (χ4n) is 6.80. The lowest BCUT2D eigenvalue weighted by Crippen LogP contribution is -2.63. The van der Waals surface area contributed by atoms with Crippen LogP contribution in [0.1, 0.15) is 44.1 Å². The Balaban J connectivity index is 1.56. The molecule has 0 radical (unpaired) electrons. The molecule has 11 heteroatoms. The smallest absolute Gasteiger partial charge is 0.282 e. The average Bonchev–Trinajstić information content (AvgIpc) is 2.99. The number of fused-ring (bicyclic) bond motifs is 5. The van der Waals surface area contributed by atoms with Crippen molar-refractivity contribution in [1.82, 2.24) is 14.5 Å². The van der Waals surface area contributed by atoms with Gasteiger partial charge in [-0.25, -0.2) is 9.37 Å². The molecular weight excluding hydrogens is 585 g/mol. The second-order valence-corrected chi connectivity index (χ2v) is 12.1. The fourth-order valence-corrected chi connectivity index (χ4v) is 7.04.